The van der Waals surface area contributed by atoms with Gasteiger partial charge in [-0.1, -0.05) is 20.8 Å². The molecular weight excluding hydrogens is 272 g/mol. The van der Waals surface area contributed by atoms with E-state index in [4.69, 9.17) is 5.11 Å². The average molecular weight is 292 g/mol. The van der Waals surface area contributed by atoms with Crippen molar-refractivity contribution in [2.45, 2.75) is 20.8 Å². The first-order chi connectivity index (χ1) is 9.81. The van der Waals surface area contributed by atoms with Gasteiger partial charge in [-0.25, -0.2) is 0 Å². The van der Waals surface area contributed by atoms with Crippen LogP contribution in [-0.2, 0) is 9.59 Å². The van der Waals surface area contributed by atoms with Gasteiger partial charge in [0.2, 0.25) is 5.91 Å². The topological polar surface area (TPSA) is 95.5 Å². The number of benzene rings is 1. The van der Waals surface area contributed by atoms with Gasteiger partial charge in [-0.2, -0.15) is 0 Å². The molecule has 0 radical (unpaired) electrons. The number of carbonyl (C=O) groups excluding carboxylic acids is 2. The van der Waals surface area contributed by atoms with Crippen molar-refractivity contribution < 1.29 is 19.5 Å². The lowest BCUT2D eigenvalue weighted by Crippen LogP contribution is -2.29. The van der Waals surface area contributed by atoms with Gasteiger partial charge in [0.1, 0.15) is 6.54 Å². The smallest absolute Gasteiger partial charge is 0.322 e. The van der Waals surface area contributed by atoms with Crippen LogP contribution in [0.2, 0.25) is 0 Å². The highest BCUT2D eigenvalue weighted by Crippen LogP contribution is 2.15. The fourth-order valence-electron chi connectivity index (χ4n) is 1.52. The highest BCUT2D eigenvalue weighted by atomic mass is 16.4. The minimum absolute atomic E-state index is 0.0759. The Bertz CT molecular complexity index is 523. The molecule has 0 aliphatic rings. The summed E-state index contributed by atoms with van der Waals surface area (Å²) in [6, 6.07) is 6.29. The first kappa shape index (κ1) is 16.7. The minimum atomic E-state index is -1.10. The SMILES string of the molecule is CC(C)C(C)C(=O)Nc1ccc(C(=O)NCC(=O)O)cc1. The fraction of sp³-hybridized carbons (Fsp3) is 0.400. The molecule has 1 aromatic rings. The van der Waals surface area contributed by atoms with Crippen molar-refractivity contribution >= 4 is 23.5 Å². The van der Waals surface area contributed by atoms with E-state index in [1.165, 1.54) is 12.1 Å². The van der Waals surface area contributed by atoms with Gasteiger partial charge in [0.05, 0.1) is 0 Å². The van der Waals surface area contributed by atoms with Crippen molar-refractivity contribution in [1.29, 1.82) is 0 Å². The van der Waals surface area contributed by atoms with Crippen LogP contribution in [0, 0.1) is 11.8 Å². The molecule has 0 heterocycles. The number of carbonyl (C=O) groups is 3. The van der Waals surface area contributed by atoms with Gasteiger partial charge in [-0.05, 0) is 30.2 Å². The molecule has 1 atom stereocenters. The predicted octanol–water partition coefficient (Wildman–Crippen LogP) is 1.73. The molecule has 0 aromatic heterocycles. The summed E-state index contributed by atoms with van der Waals surface area (Å²) in [7, 11) is 0. The number of anilines is 1. The standard InChI is InChI=1S/C15H20N2O4/c1-9(2)10(3)14(20)17-12-6-4-11(5-7-12)15(21)16-8-13(18)19/h4-7,9-10H,8H2,1-3H3,(H,16,21)(H,17,20)(H,18,19). The van der Waals surface area contributed by atoms with Gasteiger partial charge in [0.15, 0.2) is 0 Å². The van der Waals surface area contributed by atoms with Gasteiger partial charge >= 0.3 is 5.97 Å². The molecule has 0 saturated carbocycles. The van der Waals surface area contributed by atoms with Crippen molar-refractivity contribution in [2.24, 2.45) is 11.8 Å². The van der Waals surface area contributed by atoms with Crippen LogP contribution in [0.4, 0.5) is 5.69 Å². The summed E-state index contributed by atoms with van der Waals surface area (Å²) in [4.78, 5) is 33.9. The van der Waals surface area contributed by atoms with E-state index in [2.05, 4.69) is 10.6 Å². The van der Waals surface area contributed by atoms with E-state index in [0.29, 0.717) is 11.3 Å². The molecule has 0 bridgehead atoms. The lowest BCUT2D eigenvalue weighted by atomic mass is 9.97. The van der Waals surface area contributed by atoms with Gasteiger partial charge in [0.25, 0.3) is 5.91 Å². The maximum atomic E-state index is 11.9. The lowest BCUT2D eigenvalue weighted by molar-refractivity contribution is -0.135. The Morgan fingerprint density at radius 2 is 1.67 bits per heavy atom. The molecule has 21 heavy (non-hydrogen) atoms. The molecule has 1 rings (SSSR count). The monoisotopic (exact) mass is 292 g/mol. The Morgan fingerprint density at radius 1 is 1.10 bits per heavy atom. The maximum absolute atomic E-state index is 11.9. The molecule has 1 aromatic carbocycles. The summed E-state index contributed by atoms with van der Waals surface area (Å²) >= 11 is 0. The summed E-state index contributed by atoms with van der Waals surface area (Å²) in [5.74, 6) is -1.51. The number of rotatable bonds is 6. The Labute approximate surface area is 123 Å². The highest BCUT2D eigenvalue weighted by molar-refractivity contribution is 5.97. The second kappa shape index (κ2) is 7.42. The molecule has 0 saturated heterocycles. The molecule has 6 heteroatoms. The molecule has 114 valence electrons. The van der Waals surface area contributed by atoms with Gasteiger partial charge in [0, 0.05) is 17.2 Å². The number of amides is 2. The number of aliphatic carboxylic acids is 1. The molecule has 2 amide bonds. The molecule has 0 aliphatic carbocycles. The molecule has 0 fully saturated rings. The van der Waals surface area contributed by atoms with Crippen molar-refractivity contribution in [3.05, 3.63) is 29.8 Å². The van der Waals surface area contributed by atoms with Crippen LogP contribution in [-0.4, -0.2) is 29.4 Å². The summed E-state index contributed by atoms with van der Waals surface area (Å²) in [5.41, 5.74) is 0.938. The molecule has 6 nitrogen and oxygen atoms in total. The van der Waals surface area contributed by atoms with Crippen molar-refractivity contribution in [3.63, 3.8) is 0 Å². The first-order valence-corrected chi connectivity index (χ1v) is 6.72. The molecule has 0 aliphatic heterocycles. The summed E-state index contributed by atoms with van der Waals surface area (Å²) in [5, 5.41) is 13.5. The van der Waals surface area contributed by atoms with Gasteiger partial charge < -0.3 is 15.7 Å². The number of hydrogen-bond donors (Lipinski definition) is 3. The molecule has 3 N–H and O–H groups in total. The van der Waals surface area contributed by atoms with Crippen molar-refractivity contribution in [1.82, 2.24) is 5.32 Å². The third-order valence-electron chi connectivity index (χ3n) is 3.23. The second-order valence-electron chi connectivity index (χ2n) is 5.18. The largest absolute Gasteiger partial charge is 0.480 e. The zero-order chi connectivity index (χ0) is 16.0. The van der Waals surface area contributed by atoms with E-state index < -0.39 is 18.4 Å². The van der Waals surface area contributed by atoms with E-state index in [1.54, 1.807) is 12.1 Å². The third-order valence-corrected chi connectivity index (χ3v) is 3.23. The van der Waals surface area contributed by atoms with Crippen LogP contribution in [0.1, 0.15) is 31.1 Å². The fourth-order valence-corrected chi connectivity index (χ4v) is 1.52. The Balaban J connectivity index is 2.64. The summed E-state index contributed by atoms with van der Waals surface area (Å²) in [6.07, 6.45) is 0. The molecule has 1 unspecified atom stereocenters. The lowest BCUT2D eigenvalue weighted by Gasteiger charge is -2.15. The third kappa shape index (κ3) is 5.25. The van der Waals surface area contributed by atoms with Crippen LogP contribution in [0.25, 0.3) is 0 Å². The number of hydrogen-bond acceptors (Lipinski definition) is 3. The van der Waals surface area contributed by atoms with E-state index in [1.807, 2.05) is 20.8 Å². The zero-order valence-electron chi connectivity index (χ0n) is 12.3. The van der Waals surface area contributed by atoms with E-state index in [0.717, 1.165) is 0 Å². The molecular formula is C15H20N2O4. The van der Waals surface area contributed by atoms with Crippen LogP contribution in [0.3, 0.4) is 0 Å². The van der Waals surface area contributed by atoms with Crippen molar-refractivity contribution in [2.75, 3.05) is 11.9 Å². The number of carboxylic acid groups (broad SMARTS) is 1. The van der Waals surface area contributed by atoms with E-state index in [-0.39, 0.29) is 17.7 Å². The van der Waals surface area contributed by atoms with Crippen LogP contribution >= 0.6 is 0 Å². The highest BCUT2D eigenvalue weighted by Gasteiger charge is 2.16. The number of carboxylic acids is 1. The maximum Gasteiger partial charge on any atom is 0.322 e. The van der Waals surface area contributed by atoms with Crippen LogP contribution in [0.15, 0.2) is 24.3 Å². The van der Waals surface area contributed by atoms with Crippen LogP contribution in [0.5, 0.6) is 0 Å². The van der Waals surface area contributed by atoms with E-state index >= 15 is 0 Å². The van der Waals surface area contributed by atoms with Crippen molar-refractivity contribution in [3.8, 4) is 0 Å². The minimum Gasteiger partial charge on any atom is -0.480 e. The van der Waals surface area contributed by atoms with Crippen LogP contribution < -0.4 is 10.6 Å². The molecule has 0 spiro atoms. The Morgan fingerprint density at radius 3 is 2.14 bits per heavy atom. The normalized spacial score (nSPS) is 11.8. The van der Waals surface area contributed by atoms with E-state index in [9.17, 15) is 14.4 Å². The quantitative estimate of drug-likeness (QED) is 0.744. The van der Waals surface area contributed by atoms with Gasteiger partial charge in [-0.3, -0.25) is 14.4 Å². The first-order valence-electron chi connectivity index (χ1n) is 6.72. The Hall–Kier alpha value is -2.37. The summed E-state index contributed by atoms with van der Waals surface area (Å²) < 4.78 is 0. The summed E-state index contributed by atoms with van der Waals surface area (Å²) in [6.45, 7) is 5.37. The zero-order valence-corrected chi connectivity index (χ0v) is 12.3. The number of nitrogens with one attached hydrogen (secondary N) is 2. The average Bonchev–Trinajstić information content (AvgIpc) is 2.44. The predicted molar refractivity (Wildman–Crippen MR) is 79.0 cm³/mol. The van der Waals surface area contributed by atoms with Gasteiger partial charge in [-0.15, -0.1) is 0 Å². The second-order valence-corrected chi connectivity index (χ2v) is 5.18. The Kier molecular flexibility index (Phi) is 5.90.